The Labute approximate surface area is 153 Å². The molecular formula is C20H23N3O3. The quantitative estimate of drug-likeness (QED) is 0.832. The fourth-order valence-electron chi connectivity index (χ4n) is 2.97. The van der Waals surface area contributed by atoms with Crippen LogP contribution in [-0.2, 0) is 11.2 Å². The third-order valence-electron chi connectivity index (χ3n) is 4.34. The van der Waals surface area contributed by atoms with E-state index >= 15 is 0 Å². The molecule has 2 heterocycles. The molecule has 2 amide bonds. The molecule has 2 aromatic rings. The van der Waals surface area contributed by atoms with Crippen molar-refractivity contribution in [1.82, 2.24) is 15.6 Å². The minimum Gasteiger partial charge on any atom is -0.376 e. The summed E-state index contributed by atoms with van der Waals surface area (Å²) in [5, 5.41) is 5.45. The number of ether oxygens (including phenoxy) is 1. The van der Waals surface area contributed by atoms with Gasteiger partial charge in [0.05, 0.1) is 6.10 Å². The number of benzene rings is 1. The molecule has 1 aliphatic heterocycles. The highest BCUT2D eigenvalue weighted by Gasteiger charge is 2.18. The van der Waals surface area contributed by atoms with Crippen LogP contribution in [0.15, 0.2) is 42.5 Å². The molecule has 0 bridgehead atoms. The molecule has 0 spiro atoms. The molecule has 26 heavy (non-hydrogen) atoms. The fraction of sp³-hybridized carbons (Fsp3) is 0.350. The summed E-state index contributed by atoms with van der Waals surface area (Å²) in [6, 6.07) is 13.1. The van der Waals surface area contributed by atoms with Gasteiger partial charge in [-0.3, -0.25) is 9.59 Å². The lowest BCUT2D eigenvalue weighted by Crippen LogP contribution is -2.32. The van der Waals surface area contributed by atoms with E-state index in [1.54, 1.807) is 13.1 Å². The summed E-state index contributed by atoms with van der Waals surface area (Å²) in [7, 11) is 1.55. The number of hydrogen-bond donors (Lipinski definition) is 2. The van der Waals surface area contributed by atoms with Crippen LogP contribution in [0, 0.1) is 0 Å². The van der Waals surface area contributed by atoms with Crippen molar-refractivity contribution in [2.24, 2.45) is 0 Å². The number of carbonyl (C=O) groups is 2. The molecule has 0 saturated carbocycles. The Bertz CT molecular complexity index is 771. The van der Waals surface area contributed by atoms with Crippen LogP contribution in [0.2, 0.25) is 0 Å². The van der Waals surface area contributed by atoms with E-state index in [0.29, 0.717) is 24.2 Å². The van der Waals surface area contributed by atoms with E-state index in [-0.39, 0.29) is 23.6 Å². The lowest BCUT2D eigenvalue weighted by atomic mass is 10.1. The number of hydrogen-bond acceptors (Lipinski definition) is 4. The third-order valence-corrected chi connectivity index (χ3v) is 4.34. The topological polar surface area (TPSA) is 80.3 Å². The van der Waals surface area contributed by atoms with Crippen molar-refractivity contribution in [2.45, 2.75) is 25.4 Å². The second-order valence-corrected chi connectivity index (χ2v) is 6.32. The fourth-order valence-corrected chi connectivity index (χ4v) is 2.97. The summed E-state index contributed by atoms with van der Waals surface area (Å²) in [5.41, 5.74) is 2.42. The summed E-state index contributed by atoms with van der Waals surface area (Å²) in [5.74, 6) is -0.532. The monoisotopic (exact) mass is 353 g/mol. The molecule has 2 N–H and O–H groups in total. The smallest absolute Gasteiger partial charge is 0.269 e. The van der Waals surface area contributed by atoms with E-state index in [2.05, 4.69) is 15.6 Å². The molecule has 1 atom stereocenters. The van der Waals surface area contributed by atoms with Crippen LogP contribution in [0.25, 0.3) is 0 Å². The number of carbonyl (C=O) groups excluding carboxylic acids is 2. The zero-order chi connectivity index (χ0) is 18.4. The highest BCUT2D eigenvalue weighted by Crippen LogP contribution is 2.13. The van der Waals surface area contributed by atoms with Gasteiger partial charge in [0.25, 0.3) is 11.8 Å². The van der Waals surface area contributed by atoms with Gasteiger partial charge in [-0.05, 0) is 30.5 Å². The summed E-state index contributed by atoms with van der Waals surface area (Å²) in [6.45, 7) is 1.22. The molecule has 1 saturated heterocycles. The maximum absolute atomic E-state index is 12.5. The van der Waals surface area contributed by atoms with Gasteiger partial charge in [-0.2, -0.15) is 0 Å². The van der Waals surface area contributed by atoms with Crippen molar-refractivity contribution in [3.05, 3.63) is 65.0 Å². The average Bonchev–Trinajstić information content (AvgIpc) is 3.19. The first-order valence-corrected chi connectivity index (χ1v) is 8.82. The average molecular weight is 353 g/mol. The highest BCUT2D eigenvalue weighted by molar-refractivity contribution is 5.98. The van der Waals surface area contributed by atoms with Crippen molar-refractivity contribution >= 4 is 11.8 Å². The minimum absolute atomic E-state index is 0.0722. The highest BCUT2D eigenvalue weighted by atomic mass is 16.5. The lowest BCUT2D eigenvalue weighted by Gasteiger charge is -2.12. The molecule has 1 aliphatic rings. The van der Waals surface area contributed by atoms with Crippen molar-refractivity contribution in [1.29, 1.82) is 0 Å². The first-order chi connectivity index (χ1) is 12.7. The summed E-state index contributed by atoms with van der Waals surface area (Å²) >= 11 is 0. The number of nitrogens with one attached hydrogen (secondary N) is 2. The first-order valence-electron chi connectivity index (χ1n) is 8.82. The van der Waals surface area contributed by atoms with Crippen LogP contribution in [-0.4, -0.2) is 43.1 Å². The van der Waals surface area contributed by atoms with Gasteiger partial charge < -0.3 is 15.4 Å². The SMILES string of the molecule is CNC(=O)c1cc(C(=O)NCC2CCCO2)cc(Cc2ccccc2)n1. The van der Waals surface area contributed by atoms with Crippen LogP contribution in [0.4, 0.5) is 0 Å². The van der Waals surface area contributed by atoms with Crippen molar-refractivity contribution in [3.63, 3.8) is 0 Å². The standard InChI is InChI=1S/C20H23N3O3/c1-21-20(25)18-12-15(19(24)22-13-17-8-5-9-26-17)11-16(23-18)10-14-6-3-2-4-7-14/h2-4,6-7,11-12,17H,5,8-10,13H2,1H3,(H,21,25)(H,22,24). The van der Waals surface area contributed by atoms with Gasteiger partial charge in [0.15, 0.2) is 0 Å². The summed E-state index contributed by atoms with van der Waals surface area (Å²) in [6.07, 6.45) is 2.61. The molecule has 1 unspecified atom stereocenters. The van der Waals surface area contributed by atoms with Gasteiger partial charge in [-0.1, -0.05) is 30.3 Å². The van der Waals surface area contributed by atoms with Crippen LogP contribution < -0.4 is 10.6 Å². The van der Waals surface area contributed by atoms with Gasteiger partial charge in [0.1, 0.15) is 5.69 Å². The molecule has 6 nitrogen and oxygen atoms in total. The minimum atomic E-state index is -0.312. The van der Waals surface area contributed by atoms with Gasteiger partial charge in [0.2, 0.25) is 0 Å². The van der Waals surface area contributed by atoms with Gasteiger partial charge >= 0.3 is 0 Å². The molecule has 1 aromatic heterocycles. The molecule has 1 aromatic carbocycles. The molecule has 6 heteroatoms. The van der Waals surface area contributed by atoms with E-state index in [9.17, 15) is 9.59 Å². The van der Waals surface area contributed by atoms with Crippen molar-refractivity contribution in [2.75, 3.05) is 20.2 Å². The maximum atomic E-state index is 12.5. The van der Waals surface area contributed by atoms with Gasteiger partial charge in [-0.25, -0.2) is 4.98 Å². The second kappa shape index (κ2) is 8.58. The molecule has 1 fully saturated rings. The predicted octanol–water partition coefficient (Wildman–Crippen LogP) is 1.94. The van der Waals surface area contributed by atoms with Gasteiger partial charge in [-0.15, -0.1) is 0 Å². The van der Waals surface area contributed by atoms with Crippen molar-refractivity contribution in [3.8, 4) is 0 Å². The zero-order valence-corrected chi connectivity index (χ0v) is 14.8. The Morgan fingerprint density at radius 2 is 2.00 bits per heavy atom. The predicted molar refractivity (Wildman–Crippen MR) is 98.2 cm³/mol. The zero-order valence-electron chi connectivity index (χ0n) is 14.8. The second-order valence-electron chi connectivity index (χ2n) is 6.32. The van der Waals surface area contributed by atoms with E-state index in [0.717, 1.165) is 25.0 Å². The number of amides is 2. The third kappa shape index (κ3) is 4.67. The van der Waals surface area contributed by atoms with Gasteiger partial charge in [0, 0.05) is 37.9 Å². The Morgan fingerprint density at radius 3 is 2.69 bits per heavy atom. The number of rotatable bonds is 6. The lowest BCUT2D eigenvalue weighted by molar-refractivity contribution is 0.0857. The molecule has 0 radical (unpaired) electrons. The summed E-state index contributed by atoms with van der Waals surface area (Å²) < 4.78 is 5.53. The van der Waals surface area contributed by atoms with E-state index in [1.807, 2.05) is 30.3 Å². The number of pyridine rings is 1. The molecule has 3 rings (SSSR count). The molecule has 0 aliphatic carbocycles. The molecular weight excluding hydrogens is 330 g/mol. The number of aromatic nitrogens is 1. The Kier molecular flexibility index (Phi) is 5.96. The van der Waals surface area contributed by atoms with Crippen LogP contribution in [0.1, 0.15) is 44.9 Å². The van der Waals surface area contributed by atoms with Crippen LogP contribution in [0.3, 0.4) is 0 Å². The van der Waals surface area contributed by atoms with Crippen LogP contribution >= 0.6 is 0 Å². The summed E-state index contributed by atoms with van der Waals surface area (Å²) in [4.78, 5) is 29.0. The normalized spacial score (nSPS) is 16.3. The Balaban J connectivity index is 1.79. The number of nitrogens with zero attached hydrogens (tertiary/aromatic N) is 1. The van der Waals surface area contributed by atoms with Crippen LogP contribution in [0.5, 0.6) is 0 Å². The van der Waals surface area contributed by atoms with E-state index < -0.39 is 0 Å². The first kappa shape index (κ1) is 18.1. The maximum Gasteiger partial charge on any atom is 0.269 e. The Morgan fingerprint density at radius 1 is 1.19 bits per heavy atom. The molecule has 136 valence electrons. The van der Waals surface area contributed by atoms with Crippen molar-refractivity contribution < 1.29 is 14.3 Å². The van der Waals surface area contributed by atoms with E-state index in [4.69, 9.17) is 4.74 Å². The largest absolute Gasteiger partial charge is 0.376 e. The Hall–Kier alpha value is -2.73. The van der Waals surface area contributed by atoms with E-state index in [1.165, 1.54) is 6.07 Å².